The first-order valence-corrected chi connectivity index (χ1v) is 13.7. The quantitative estimate of drug-likeness (QED) is 0.240. The lowest BCUT2D eigenvalue weighted by Gasteiger charge is -2.23. The minimum absolute atomic E-state index is 0.0252. The van der Waals surface area contributed by atoms with E-state index in [1.165, 1.54) is 34.1 Å². The minimum atomic E-state index is -0.577. The van der Waals surface area contributed by atoms with E-state index in [-0.39, 0.29) is 31.5 Å². The number of benzene rings is 2. The number of nitro benzene ring substituents is 1. The van der Waals surface area contributed by atoms with Crippen LogP contribution in [0.2, 0.25) is 0 Å². The van der Waals surface area contributed by atoms with Crippen LogP contribution in [-0.4, -0.2) is 90.4 Å². The molecule has 0 radical (unpaired) electrons. The first kappa shape index (κ1) is 30.8. The maximum atomic E-state index is 12.7. The van der Waals surface area contributed by atoms with Gasteiger partial charge in [-0.1, -0.05) is 12.1 Å². The van der Waals surface area contributed by atoms with Crippen molar-refractivity contribution >= 4 is 29.6 Å². The van der Waals surface area contributed by atoms with Crippen molar-refractivity contribution in [2.45, 2.75) is 25.7 Å². The summed E-state index contributed by atoms with van der Waals surface area (Å²) >= 11 is 0. The Hall–Kier alpha value is -5.14. The molecule has 14 nitrogen and oxygen atoms in total. The fourth-order valence-electron chi connectivity index (χ4n) is 4.23. The van der Waals surface area contributed by atoms with E-state index in [1.807, 2.05) is 29.2 Å². The number of non-ortho nitro benzene ring substituents is 1. The Kier molecular flexibility index (Phi) is 10.5. The van der Waals surface area contributed by atoms with Gasteiger partial charge in [-0.05, 0) is 41.5 Å². The summed E-state index contributed by atoms with van der Waals surface area (Å²) in [5.41, 5.74) is 1.67. The average molecular weight is 594 g/mol. The molecule has 3 aromatic rings. The third-order valence-electron chi connectivity index (χ3n) is 6.87. The second-order valence-electron chi connectivity index (χ2n) is 10.0. The predicted octanol–water partition coefficient (Wildman–Crippen LogP) is 3.92. The molecule has 0 spiro atoms. The number of nitro groups is 1. The highest BCUT2D eigenvalue weighted by Gasteiger charge is 2.28. The molecule has 0 bridgehead atoms. The zero-order valence-electron chi connectivity index (χ0n) is 24.3. The van der Waals surface area contributed by atoms with Crippen LogP contribution in [0.15, 0.2) is 60.8 Å². The van der Waals surface area contributed by atoms with Gasteiger partial charge in [0.1, 0.15) is 24.3 Å². The standard InChI is InChI=1S/C29H35N7O7/c1-33(28(37)42-20-22-4-8-23(9-5-22)36(39)40)16-17-34(2)29(38)43-25-13-15-35(19-25)27-30-14-12-26(32-27)31-18-21-6-10-24(41-3)11-7-21/h4-12,14,25H,13,15-20H2,1-3H3,(H,30,31,32). The van der Waals surface area contributed by atoms with Gasteiger partial charge in [0.05, 0.1) is 18.6 Å². The molecule has 2 amide bonds. The Bertz CT molecular complexity index is 1390. The molecular formula is C29H35N7O7. The van der Waals surface area contributed by atoms with Crippen LogP contribution < -0.4 is 15.0 Å². The van der Waals surface area contributed by atoms with Gasteiger partial charge < -0.3 is 34.2 Å². The summed E-state index contributed by atoms with van der Waals surface area (Å²) in [6, 6.07) is 15.4. The van der Waals surface area contributed by atoms with Gasteiger partial charge in [-0.15, -0.1) is 0 Å². The molecule has 2 aromatic carbocycles. The van der Waals surface area contributed by atoms with E-state index in [0.717, 1.165) is 11.3 Å². The number of ether oxygens (including phenoxy) is 3. The van der Waals surface area contributed by atoms with Crippen LogP contribution in [0.25, 0.3) is 0 Å². The monoisotopic (exact) mass is 593 g/mol. The second kappa shape index (κ2) is 14.7. The molecule has 1 aliphatic heterocycles. The summed E-state index contributed by atoms with van der Waals surface area (Å²) in [6.07, 6.45) is 0.946. The first-order valence-electron chi connectivity index (χ1n) is 13.7. The summed E-state index contributed by atoms with van der Waals surface area (Å²) in [6.45, 7) is 2.15. The first-order chi connectivity index (χ1) is 20.7. The van der Waals surface area contributed by atoms with Gasteiger partial charge in [0.25, 0.3) is 5.69 Å². The maximum Gasteiger partial charge on any atom is 0.409 e. The molecule has 1 aliphatic rings. The molecular weight excluding hydrogens is 558 g/mol. The number of nitrogens with zero attached hydrogens (tertiary/aromatic N) is 6. The molecule has 1 saturated heterocycles. The number of aromatic nitrogens is 2. The van der Waals surface area contributed by atoms with Crippen molar-refractivity contribution in [2.75, 3.05) is 57.6 Å². The second-order valence-corrected chi connectivity index (χ2v) is 10.0. The number of hydrogen-bond acceptors (Lipinski definition) is 11. The number of methoxy groups -OCH3 is 1. The molecule has 0 saturated carbocycles. The number of anilines is 2. The molecule has 1 atom stereocenters. The van der Waals surface area contributed by atoms with E-state index < -0.39 is 17.1 Å². The zero-order chi connectivity index (χ0) is 30.8. The van der Waals surface area contributed by atoms with E-state index in [9.17, 15) is 19.7 Å². The van der Waals surface area contributed by atoms with Crippen molar-refractivity contribution in [3.8, 4) is 5.75 Å². The van der Waals surface area contributed by atoms with Gasteiger partial charge >= 0.3 is 12.2 Å². The van der Waals surface area contributed by atoms with Crippen LogP contribution in [0.1, 0.15) is 17.5 Å². The smallest absolute Gasteiger partial charge is 0.409 e. The Morgan fingerprint density at radius 3 is 2.37 bits per heavy atom. The molecule has 1 fully saturated rings. The normalized spacial score (nSPS) is 14.1. The molecule has 4 rings (SSSR count). The van der Waals surface area contributed by atoms with Gasteiger partial charge in [-0.3, -0.25) is 10.1 Å². The lowest BCUT2D eigenvalue weighted by Crippen LogP contribution is -2.39. The van der Waals surface area contributed by atoms with Crippen molar-refractivity contribution in [2.24, 2.45) is 0 Å². The van der Waals surface area contributed by atoms with Crippen LogP contribution in [0.5, 0.6) is 5.75 Å². The van der Waals surface area contributed by atoms with Crippen molar-refractivity contribution in [1.82, 2.24) is 19.8 Å². The summed E-state index contributed by atoms with van der Waals surface area (Å²) in [5, 5.41) is 14.1. The number of rotatable bonds is 12. The van der Waals surface area contributed by atoms with Crippen LogP contribution in [0.3, 0.4) is 0 Å². The van der Waals surface area contributed by atoms with E-state index in [2.05, 4.69) is 15.3 Å². The van der Waals surface area contributed by atoms with E-state index in [0.29, 0.717) is 43.4 Å². The Labute approximate surface area is 249 Å². The van der Waals surface area contributed by atoms with Gasteiger partial charge in [-0.25, -0.2) is 14.6 Å². The van der Waals surface area contributed by atoms with Gasteiger partial charge in [0.15, 0.2) is 0 Å². The average Bonchev–Trinajstić information content (AvgIpc) is 3.50. The fourth-order valence-corrected chi connectivity index (χ4v) is 4.23. The summed E-state index contributed by atoms with van der Waals surface area (Å²) in [4.78, 5) is 49.0. The zero-order valence-corrected chi connectivity index (χ0v) is 24.3. The molecule has 1 aromatic heterocycles. The van der Waals surface area contributed by atoms with Crippen LogP contribution in [0, 0.1) is 10.1 Å². The topological polar surface area (TPSA) is 152 Å². The predicted molar refractivity (Wildman–Crippen MR) is 158 cm³/mol. The number of nitrogens with one attached hydrogen (secondary N) is 1. The highest BCUT2D eigenvalue weighted by atomic mass is 16.6. The van der Waals surface area contributed by atoms with E-state index in [4.69, 9.17) is 14.2 Å². The van der Waals surface area contributed by atoms with Crippen molar-refractivity contribution in [1.29, 1.82) is 0 Å². The minimum Gasteiger partial charge on any atom is -0.497 e. The number of likely N-dealkylation sites (N-methyl/N-ethyl adjacent to an activating group) is 2. The van der Waals surface area contributed by atoms with Crippen LogP contribution in [0.4, 0.5) is 27.0 Å². The number of carbonyl (C=O) groups excluding carboxylic acids is 2. The SMILES string of the molecule is COc1ccc(CNc2ccnc(N3CCC(OC(=O)N(C)CCN(C)C(=O)OCc4ccc([N+](=O)[O-])cc4)C3)n2)cc1. The van der Waals surface area contributed by atoms with Crippen LogP contribution in [-0.2, 0) is 22.6 Å². The van der Waals surface area contributed by atoms with Gasteiger partial charge in [0.2, 0.25) is 5.95 Å². The Balaban J connectivity index is 1.17. The highest BCUT2D eigenvalue weighted by molar-refractivity contribution is 5.69. The van der Waals surface area contributed by atoms with Crippen molar-refractivity contribution in [3.05, 3.63) is 82.0 Å². The molecule has 228 valence electrons. The molecule has 0 aliphatic carbocycles. The molecule has 14 heteroatoms. The molecule has 43 heavy (non-hydrogen) atoms. The lowest BCUT2D eigenvalue weighted by molar-refractivity contribution is -0.384. The lowest BCUT2D eigenvalue weighted by atomic mass is 10.2. The van der Waals surface area contributed by atoms with Crippen LogP contribution >= 0.6 is 0 Å². The summed E-state index contributed by atoms with van der Waals surface area (Å²) < 4.78 is 16.1. The maximum absolute atomic E-state index is 12.7. The highest BCUT2D eigenvalue weighted by Crippen LogP contribution is 2.21. The van der Waals surface area contributed by atoms with Gasteiger partial charge in [0, 0.05) is 65.0 Å². The van der Waals surface area contributed by atoms with Crippen molar-refractivity contribution < 1.29 is 28.7 Å². The fraction of sp³-hybridized carbons (Fsp3) is 0.379. The molecule has 1 N–H and O–H groups in total. The largest absolute Gasteiger partial charge is 0.497 e. The summed E-state index contributed by atoms with van der Waals surface area (Å²) in [7, 11) is 4.80. The number of hydrogen-bond donors (Lipinski definition) is 1. The number of amides is 2. The van der Waals surface area contributed by atoms with Crippen molar-refractivity contribution in [3.63, 3.8) is 0 Å². The molecule has 1 unspecified atom stereocenters. The third kappa shape index (κ3) is 8.92. The summed E-state index contributed by atoms with van der Waals surface area (Å²) in [5.74, 6) is 2.05. The number of carbonyl (C=O) groups is 2. The molecule has 2 heterocycles. The Morgan fingerprint density at radius 2 is 1.70 bits per heavy atom. The Morgan fingerprint density at radius 1 is 1.02 bits per heavy atom. The third-order valence-corrected chi connectivity index (χ3v) is 6.87. The van der Waals surface area contributed by atoms with Gasteiger partial charge in [-0.2, -0.15) is 4.98 Å². The van der Waals surface area contributed by atoms with E-state index >= 15 is 0 Å². The van der Waals surface area contributed by atoms with E-state index in [1.54, 1.807) is 33.5 Å².